The summed E-state index contributed by atoms with van der Waals surface area (Å²) in [5, 5.41) is 4.08. The molecule has 0 heterocycles. The van der Waals surface area contributed by atoms with E-state index >= 15 is 0 Å². The van der Waals surface area contributed by atoms with Gasteiger partial charge in [-0.1, -0.05) is 37.4 Å². The molecule has 0 atom stereocenters. The van der Waals surface area contributed by atoms with E-state index in [-0.39, 0.29) is 11.2 Å². The summed E-state index contributed by atoms with van der Waals surface area (Å²) in [7, 11) is 0. The Kier molecular flexibility index (Phi) is 5.23. The maximum atomic E-state index is 14.0. The van der Waals surface area contributed by atoms with Crippen LogP contribution in [0.4, 0.5) is 4.39 Å². The van der Waals surface area contributed by atoms with E-state index < -0.39 is 0 Å². The Bertz CT molecular complexity index is 393. The van der Waals surface area contributed by atoms with Crippen molar-refractivity contribution in [2.45, 2.75) is 45.4 Å². The molecule has 0 amide bonds. The highest BCUT2D eigenvalue weighted by Crippen LogP contribution is 2.42. The van der Waals surface area contributed by atoms with Gasteiger partial charge in [0.05, 0.1) is 0 Å². The average molecular weight is 284 g/mol. The second-order valence-electron chi connectivity index (χ2n) is 5.76. The van der Waals surface area contributed by atoms with Gasteiger partial charge in [0.2, 0.25) is 0 Å². The van der Waals surface area contributed by atoms with Crippen LogP contribution in [0, 0.1) is 11.2 Å². The van der Waals surface area contributed by atoms with E-state index in [0.29, 0.717) is 10.6 Å². The molecule has 1 aromatic carbocycles. The minimum absolute atomic E-state index is 0.158. The smallest absolute Gasteiger partial charge is 0.127 e. The van der Waals surface area contributed by atoms with Crippen LogP contribution in [0.15, 0.2) is 18.2 Å². The predicted molar refractivity (Wildman–Crippen MR) is 79.2 cm³/mol. The van der Waals surface area contributed by atoms with Crippen LogP contribution in [0.25, 0.3) is 0 Å². The molecule has 1 aromatic rings. The molecule has 1 nitrogen and oxygen atoms in total. The van der Waals surface area contributed by atoms with E-state index in [9.17, 15) is 4.39 Å². The summed E-state index contributed by atoms with van der Waals surface area (Å²) in [4.78, 5) is 0. The van der Waals surface area contributed by atoms with Gasteiger partial charge in [0.15, 0.2) is 0 Å². The maximum absolute atomic E-state index is 14.0. The van der Waals surface area contributed by atoms with Gasteiger partial charge >= 0.3 is 0 Å². The zero-order valence-corrected chi connectivity index (χ0v) is 12.4. The Hall–Kier alpha value is -0.600. The maximum Gasteiger partial charge on any atom is 0.127 e. The summed E-state index contributed by atoms with van der Waals surface area (Å²) in [6, 6.07) is 4.99. The summed E-state index contributed by atoms with van der Waals surface area (Å²) in [5.41, 5.74) is 0.894. The van der Waals surface area contributed by atoms with E-state index in [1.165, 1.54) is 31.7 Å². The molecule has 19 heavy (non-hydrogen) atoms. The molecule has 1 N–H and O–H groups in total. The summed E-state index contributed by atoms with van der Waals surface area (Å²) in [5.74, 6) is -0.158. The Morgan fingerprint density at radius 2 is 2.05 bits per heavy atom. The molecule has 1 aliphatic carbocycles. The first-order valence-corrected chi connectivity index (χ1v) is 7.68. The highest BCUT2D eigenvalue weighted by molar-refractivity contribution is 6.31. The summed E-state index contributed by atoms with van der Waals surface area (Å²) >= 11 is 6.17. The third kappa shape index (κ3) is 3.70. The van der Waals surface area contributed by atoms with Crippen molar-refractivity contribution in [3.05, 3.63) is 34.6 Å². The van der Waals surface area contributed by atoms with Gasteiger partial charge in [-0.15, -0.1) is 0 Å². The largest absolute Gasteiger partial charge is 0.316 e. The molecular weight excluding hydrogens is 261 g/mol. The average Bonchev–Trinajstić information content (AvgIpc) is 2.84. The fourth-order valence-corrected chi connectivity index (χ4v) is 3.38. The lowest BCUT2D eigenvalue weighted by Crippen LogP contribution is -2.34. The molecule has 0 bridgehead atoms. The Balaban J connectivity index is 2.12. The lowest BCUT2D eigenvalue weighted by atomic mass is 9.79. The standard InChI is InChI=1S/C16H23ClFN/c1-2-10-19-12-16(8-3-4-9-16)11-13-14(17)6-5-7-15(13)18/h5-7,19H,2-4,8-12H2,1H3. The SMILES string of the molecule is CCCNCC1(Cc2c(F)cccc2Cl)CCCC1. The fraction of sp³-hybridized carbons (Fsp3) is 0.625. The van der Waals surface area contributed by atoms with Gasteiger partial charge in [-0.2, -0.15) is 0 Å². The highest BCUT2D eigenvalue weighted by Gasteiger charge is 2.34. The molecule has 1 aliphatic rings. The van der Waals surface area contributed by atoms with Gasteiger partial charge in [0.1, 0.15) is 5.82 Å². The molecule has 2 rings (SSSR count). The first-order chi connectivity index (χ1) is 9.17. The molecule has 0 radical (unpaired) electrons. The lowest BCUT2D eigenvalue weighted by Gasteiger charge is -2.30. The molecule has 0 aromatic heterocycles. The van der Waals surface area contributed by atoms with Crippen molar-refractivity contribution >= 4 is 11.6 Å². The van der Waals surface area contributed by atoms with Crippen LogP contribution >= 0.6 is 11.6 Å². The van der Waals surface area contributed by atoms with Crippen LogP contribution in [0.2, 0.25) is 5.02 Å². The van der Waals surface area contributed by atoms with E-state index in [1.807, 2.05) is 0 Å². The van der Waals surface area contributed by atoms with Crippen LogP contribution in [-0.4, -0.2) is 13.1 Å². The van der Waals surface area contributed by atoms with Crippen LogP contribution in [0.1, 0.15) is 44.6 Å². The van der Waals surface area contributed by atoms with E-state index in [0.717, 1.165) is 25.9 Å². The third-order valence-corrected chi connectivity index (χ3v) is 4.56. The Labute approximate surface area is 120 Å². The second-order valence-corrected chi connectivity index (χ2v) is 6.17. The number of hydrogen-bond acceptors (Lipinski definition) is 1. The van der Waals surface area contributed by atoms with Crippen molar-refractivity contribution in [2.75, 3.05) is 13.1 Å². The van der Waals surface area contributed by atoms with Gasteiger partial charge in [0, 0.05) is 17.1 Å². The van der Waals surface area contributed by atoms with Gasteiger partial charge in [0.25, 0.3) is 0 Å². The van der Waals surface area contributed by atoms with Crippen molar-refractivity contribution in [3.63, 3.8) is 0 Å². The molecule has 3 heteroatoms. The molecule has 0 saturated heterocycles. The monoisotopic (exact) mass is 283 g/mol. The molecule has 1 saturated carbocycles. The van der Waals surface area contributed by atoms with Crippen molar-refractivity contribution in [3.8, 4) is 0 Å². The zero-order valence-electron chi connectivity index (χ0n) is 11.6. The van der Waals surface area contributed by atoms with E-state index in [1.54, 1.807) is 12.1 Å². The topological polar surface area (TPSA) is 12.0 Å². The minimum atomic E-state index is -0.158. The van der Waals surface area contributed by atoms with Crippen molar-refractivity contribution in [1.29, 1.82) is 0 Å². The molecule has 0 unspecified atom stereocenters. The summed E-state index contributed by atoms with van der Waals surface area (Å²) in [6.45, 7) is 4.18. The molecular formula is C16H23ClFN. The van der Waals surface area contributed by atoms with Gasteiger partial charge in [-0.3, -0.25) is 0 Å². The summed E-state index contributed by atoms with van der Waals surface area (Å²) in [6.07, 6.45) is 6.74. The quantitative estimate of drug-likeness (QED) is 0.754. The Morgan fingerprint density at radius 3 is 2.68 bits per heavy atom. The molecule has 106 valence electrons. The molecule has 1 fully saturated rings. The third-order valence-electron chi connectivity index (χ3n) is 4.20. The van der Waals surface area contributed by atoms with Gasteiger partial charge < -0.3 is 5.32 Å². The molecule has 0 aliphatic heterocycles. The summed E-state index contributed by atoms with van der Waals surface area (Å²) < 4.78 is 14.0. The number of hydrogen-bond donors (Lipinski definition) is 1. The second kappa shape index (κ2) is 6.71. The van der Waals surface area contributed by atoms with Gasteiger partial charge in [-0.05, 0) is 49.8 Å². The first-order valence-electron chi connectivity index (χ1n) is 7.30. The van der Waals surface area contributed by atoms with Crippen molar-refractivity contribution < 1.29 is 4.39 Å². The van der Waals surface area contributed by atoms with Crippen LogP contribution < -0.4 is 5.32 Å². The number of benzene rings is 1. The van der Waals surface area contributed by atoms with Crippen molar-refractivity contribution in [2.24, 2.45) is 5.41 Å². The number of rotatable bonds is 6. The van der Waals surface area contributed by atoms with Crippen LogP contribution in [-0.2, 0) is 6.42 Å². The highest BCUT2D eigenvalue weighted by atomic mass is 35.5. The zero-order chi connectivity index (χ0) is 13.7. The van der Waals surface area contributed by atoms with Gasteiger partial charge in [-0.25, -0.2) is 4.39 Å². The minimum Gasteiger partial charge on any atom is -0.316 e. The van der Waals surface area contributed by atoms with Crippen LogP contribution in [0.3, 0.4) is 0 Å². The normalized spacial score (nSPS) is 17.8. The molecule has 0 spiro atoms. The van der Waals surface area contributed by atoms with Crippen molar-refractivity contribution in [1.82, 2.24) is 5.32 Å². The number of nitrogens with one attached hydrogen (secondary N) is 1. The van der Waals surface area contributed by atoms with Crippen LogP contribution in [0.5, 0.6) is 0 Å². The van der Waals surface area contributed by atoms with E-state index in [4.69, 9.17) is 11.6 Å². The predicted octanol–water partition coefficient (Wildman–Crippen LogP) is 4.58. The lowest BCUT2D eigenvalue weighted by molar-refractivity contribution is 0.275. The van der Waals surface area contributed by atoms with E-state index in [2.05, 4.69) is 12.2 Å². The number of halogens is 2. The first kappa shape index (κ1) is 14.8. The Morgan fingerprint density at radius 1 is 1.32 bits per heavy atom. The fourth-order valence-electron chi connectivity index (χ4n) is 3.15.